The predicted molar refractivity (Wildman–Crippen MR) is 80.2 cm³/mol. The Kier molecular flexibility index (Phi) is 3.64. The van der Waals surface area contributed by atoms with E-state index in [0.717, 1.165) is 31.7 Å². The summed E-state index contributed by atoms with van der Waals surface area (Å²) in [7, 11) is 0. The van der Waals surface area contributed by atoms with Crippen molar-refractivity contribution < 1.29 is 4.79 Å². The maximum atomic E-state index is 11.7. The van der Waals surface area contributed by atoms with Gasteiger partial charge in [-0.05, 0) is 39.2 Å². The van der Waals surface area contributed by atoms with Crippen molar-refractivity contribution in [3.63, 3.8) is 0 Å². The van der Waals surface area contributed by atoms with Crippen LogP contribution in [-0.4, -0.2) is 28.7 Å². The number of hydrogen-bond acceptors (Lipinski definition) is 3. The largest absolute Gasteiger partial charge is 0.357 e. The molecule has 4 nitrogen and oxygen atoms in total. The van der Waals surface area contributed by atoms with E-state index in [0.29, 0.717) is 12.3 Å². The Morgan fingerprint density at radius 3 is 2.75 bits per heavy atom. The van der Waals surface area contributed by atoms with Gasteiger partial charge >= 0.3 is 0 Å². The molecule has 0 N–H and O–H groups in total. The predicted octanol–water partition coefficient (Wildman–Crippen LogP) is 2.81. The number of nitrogens with zero attached hydrogens (tertiary/aromatic N) is 3. The van der Waals surface area contributed by atoms with Crippen molar-refractivity contribution in [2.24, 2.45) is 0 Å². The monoisotopic (exact) mass is 273 g/mol. The number of allylic oxidation sites excluding steroid dienone is 2. The molecule has 3 rings (SSSR count). The molecule has 4 heteroatoms. The highest BCUT2D eigenvalue weighted by Crippen LogP contribution is 2.38. The second kappa shape index (κ2) is 5.43. The third kappa shape index (κ3) is 2.28. The van der Waals surface area contributed by atoms with Gasteiger partial charge in [-0.1, -0.05) is 6.08 Å². The van der Waals surface area contributed by atoms with Gasteiger partial charge in [0.2, 0.25) is 0 Å². The molecule has 2 aliphatic rings. The summed E-state index contributed by atoms with van der Waals surface area (Å²) in [5, 5.41) is 4.71. The summed E-state index contributed by atoms with van der Waals surface area (Å²) in [6.07, 6.45) is 7.86. The molecule has 2 heterocycles. The molecule has 0 aromatic carbocycles. The van der Waals surface area contributed by atoms with Gasteiger partial charge in [0.15, 0.2) is 5.78 Å². The maximum absolute atomic E-state index is 11.7. The average Bonchev–Trinajstić information content (AvgIpc) is 3.05. The van der Waals surface area contributed by atoms with Gasteiger partial charge < -0.3 is 4.90 Å². The third-order valence-corrected chi connectivity index (χ3v) is 4.43. The summed E-state index contributed by atoms with van der Waals surface area (Å²) < 4.78 is 2.12. The first-order valence-corrected chi connectivity index (χ1v) is 7.72. The number of anilines is 1. The van der Waals surface area contributed by atoms with Gasteiger partial charge in [0.25, 0.3) is 0 Å². The van der Waals surface area contributed by atoms with E-state index in [-0.39, 0.29) is 5.78 Å². The fourth-order valence-electron chi connectivity index (χ4n) is 3.52. The second-order valence-electron chi connectivity index (χ2n) is 5.84. The summed E-state index contributed by atoms with van der Waals surface area (Å²) in [6, 6.07) is 0. The van der Waals surface area contributed by atoms with Gasteiger partial charge in [-0.3, -0.25) is 4.79 Å². The molecule has 1 aliphatic carbocycles. The van der Waals surface area contributed by atoms with Gasteiger partial charge in [0, 0.05) is 37.5 Å². The lowest BCUT2D eigenvalue weighted by Crippen LogP contribution is -2.24. The van der Waals surface area contributed by atoms with Crippen LogP contribution in [-0.2, 0) is 11.3 Å². The fraction of sp³-hybridized carbons (Fsp3) is 0.625. The molecule has 0 bridgehead atoms. The third-order valence-electron chi connectivity index (χ3n) is 4.43. The lowest BCUT2D eigenvalue weighted by Gasteiger charge is -2.25. The van der Waals surface area contributed by atoms with E-state index in [2.05, 4.69) is 23.4 Å². The average molecular weight is 273 g/mol. The molecule has 0 spiro atoms. The molecular weight excluding hydrogens is 250 g/mol. The highest BCUT2D eigenvalue weighted by molar-refractivity contribution is 5.91. The van der Waals surface area contributed by atoms with E-state index in [1.165, 1.54) is 24.2 Å². The summed E-state index contributed by atoms with van der Waals surface area (Å²) in [6.45, 7) is 7.36. The van der Waals surface area contributed by atoms with Crippen LogP contribution in [0.4, 0.5) is 5.82 Å². The van der Waals surface area contributed by atoms with E-state index in [1.807, 2.05) is 6.08 Å². The normalized spacial score (nSPS) is 22.8. The lowest BCUT2D eigenvalue weighted by molar-refractivity contribution is -0.115. The molecule has 20 heavy (non-hydrogen) atoms. The van der Waals surface area contributed by atoms with E-state index in [1.54, 1.807) is 6.08 Å². The molecule has 1 atom stereocenters. The summed E-state index contributed by atoms with van der Waals surface area (Å²) in [4.78, 5) is 14.2. The van der Waals surface area contributed by atoms with Crippen LogP contribution in [0.1, 0.15) is 49.8 Å². The number of aromatic nitrogens is 2. The molecule has 0 amide bonds. The van der Waals surface area contributed by atoms with E-state index in [4.69, 9.17) is 5.10 Å². The molecular formula is C16H23N3O. The molecule has 1 aromatic rings. The van der Waals surface area contributed by atoms with Gasteiger partial charge in [0.1, 0.15) is 5.82 Å². The SMILES string of the molecule is CCn1nc(C)c(C2CC=CC(=O)C2)c1N1CCCC1. The van der Waals surface area contributed by atoms with Crippen LogP contribution in [0.2, 0.25) is 0 Å². The van der Waals surface area contributed by atoms with Crippen molar-refractivity contribution in [2.75, 3.05) is 18.0 Å². The van der Waals surface area contributed by atoms with E-state index < -0.39 is 0 Å². The minimum Gasteiger partial charge on any atom is -0.357 e. The van der Waals surface area contributed by atoms with Gasteiger partial charge in [-0.25, -0.2) is 4.68 Å². The summed E-state index contributed by atoms with van der Waals surface area (Å²) in [5.41, 5.74) is 2.41. The molecule has 0 saturated carbocycles. The molecule has 1 aromatic heterocycles. The minimum absolute atomic E-state index is 0.247. The van der Waals surface area contributed by atoms with Crippen LogP contribution in [0.3, 0.4) is 0 Å². The fourth-order valence-corrected chi connectivity index (χ4v) is 3.52. The van der Waals surface area contributed by atoms with Crippen LogP contribution >= 0.6 is 0 Å². The number of ketones is 1. The Morgan fingerprint density at radius 2 is 2.10 bits per heavy atom. The Balaban J connectivity index is 2.02. The van der Waals surface area contributed by atoms with Crippen molar-refractivity contribution in [1.82, 2.24) is 9.78 Å². The molecule has 1 fully saturated rings. The maximum Gasteiger partial charge on any atom is 0.155 e. The Labute approximate surface area is 120 Å². The van der Waals surface area contributed by atoms with Crippen molar-refractivity contribution >= 4 is 11.6 Å². The highest BCUT2D eigenvalue weighted by Gasteiger charge is 2.29. The molecule has 1 saturated heterocycles. The van der Waals surface area contributed by atoms with Crippen LogP contribution in [0.25, 0.3) is 0 Å². The van der Waals surface area contributed by atoms with Crippen LogP contribution in [0.5, 0.6) is 0 Å². The molecule has 0 radical (unpaired) electrons. The zero-order valence-corrected chi connectivity index (χ0v) is 12.4. The van der Waals surface area contributed by atoms with Crippen molar-refractivity contribution in [1.29, 1.82) is 0 Å². The summed E-state index contributed by atoms with van der Waals surface area (Å²) >= 11 is 0. The van der Waals surface area contributed by atoms with E-state index >= 15 is 0 Å². The van der Waals surface area contributed by atoms with Crippen molar-refractivity contribution in [3.8, 4) is 0 Å². The van der Waals surface area contributed by atoms with Crippen LogP contribution < -0.4 is 4.90 Å². The standard InChI is InChI=1S/C16H23N3O/c1-3-19-16(18-9-4-5-10-18)15(12(2)17-19)13-7-6-8-14(20)11-13/h6,8,13H,3-5,7,9-11H2,1-2H3. The Bertz CT molecular complexity index is 538. The number of carbonyl (C=O) groups excluding carboxylic acids is 1. The van der Waals surface area contributed by atoms with Gasteiger partial charge in [-0.2, -0.15) is 5.10 Å². The van der Waals surface area contributed by atoms with Crippen molar-refractivity contribution in [3.05, 3.63) is 23.4 Å². The zero-order chi connectivity index (χ0) is 14.1. The molecule has 1 aliphatic heterocycles. The zero-order valence-electron chi connectivity index (χ0n) is 12.4. The number of hydrogen-bond donors (Lipinski definition) is 0. The number of carbonyl (C=O) groups is 1. The Hall–Kier alpha value is -1.58. The second-order valence-corrected chi connectivity index (χ2v) is 5.84. The smallest absolute Gasteiger partial charge is 0.155 e. The van der Waals surface area contributed by atoms with Crippen LogP contribution in [0.15, 0.2) is 12.2 Å². The lowest BCUT2D eigenvalue weighted by atomic mass is 9.86. The number of aryl methyl sites for hydroxylation is 2. The van der Waals surface area contributed by atoms with Crippen molar-refractivity contribution in [2.45, 2.75) is 52.0 Å². The quantitative estimate of drug-likeness (QED) is 0.850. The van der Waals surface area contributed by atoms with Gasteiger partial charge in [0.05, 0.1) is 5.69 Å². The van der Waals surface area contributed by atoms with Gasteiger partial charge in [-0.15, -0.1) is 0 Å². The first kappa shape index (κ1) is 13.4. The highest BCUT2D eigenvalue weighted by atomic mass is 16.1. The van der Waals surface area contributed by atoms with E-state index in [9.17, 15) is 4.79 Å². The summed E-state index contributed by atoms with van der Waals surface area (Å²) in [5.74, 6) is 1.83. The topological polar surface area (TPSA) is 38.1 Å². The molecule has 1 unspecified atom stereocenters. The number of rotatable bonds is 3. The first-order valence-electron chi connectivity index (χ1n) is 7.72. The van der Waals surface area contributed by atoms with Crippen LogP contribution in [0, 0.1) is 6.92 Å². The minimum atomic E-state index is 0.247. The Morgan fingerprint density at radius 1 is 1.35 bits per heavy atom. The first-order chi connectivity index (χ1) is 9.70. The molecule has 108 valence electrons.